The number of carbonyl (C=O) groups is 2. The van der Waals surface area contributed by atoms with Gasteiger partial charge in [0.1, 0.15) is 11.5 Å². The second-order valence-electron chi connectivity index (χ2n) is 6.11. The fraction of sp³-hybridized carbons (Fsp3) is 0.0476. The van der Waals surface area contributed by atoms with Gasteiger partial charge in [0.05, 0.1) is 6.54 Å². The van der Waals surface area contributed by atoms with E-state index in [1.165, 1.54) is 6.07 Å². The van der Waals surface area contributed by atoms with E-state index in [-0.39, 0.29) is 17.8 Å². The van der Waals surface area contributed by atoms with Crippen LogP contribution in [0.4, 0.5) is 9.18 Å². The second-order valence-corrected chi connectivity index (χ2v) is 6.11. The highest BCUT2D eigenvalue weighted by Gasteiger charge is 2.34. The first-order chi connectivity index (χ1) is 13.1. The first-order valence-electron chi connectivity index (χ1n) is 8.44. The minimum absolute atomic E-state index is 0.117. The summed E-state index contributed by atoms with van der Waals surface area (Å²) in [5.41, 5.74) is 2.13. The molecule has 5 nitrogen and oxygen atoms in total. The number of benzene rings is 2. The maximum absolute atomic E-state index is 13.9. The Hall–Kier alpha value is -3.67. The number of rotatable bonds is 4. The van der Waals surface area contributed by atoms with E-state index in [2.05, 4.69) is 5.32 Å². The number of para-hydroxylation sites is 1. The van der Waals surface area contributed by atoms with Crippen LogP contribution in [0, 0.1) is 5.82 Å². The smallest absolute Gasteiger partial charge is 0.317 e. The molecule has 0 unspecified atom stereocenters. The van der Waals surface area contributed by atoms with Crippen molar-refractivity contribution in [1.82, 2.24) is 14.8 Å². The van der Waals surface area contributed by atoms with E-state index in [1.54, 1.807) is 24.3 Å². The van der Waals surface area contributed by atoms with Gasteiger partial charge in [0.2, 0.25) is 0 Å². The molecule has 1 N–H and O–H groups in total. The lowest BCUT2D eigenvalue weighted by atomic mass is 10.2. The van der Waals surface area contributed by atoms with Crippen LogP contribution in [-0.4, -0.2) is 21.4 Å². The molecule has 1 fully saturated rings. The van der Waals surface area contributed by atoms with Crippen molar-refractivity contribution in [3.8, 4) is 5.69 Å². The number of urea groups is 1. The summed E-state index contributed by atoms with van der Waals surface area (Å²) in [7, 11) is 0. The Bertz CT molecular complexity index is 1040. The summed E-state index contributed by atoms with van der Waals surface area (Å²) in [4.78, 5) is 25.9. The zero-order valence-corrected chi connectivity index (χ0v) is 14.3. The van der Waals surface area contributed by atoms with Gasteiger partial charge in [-0.05, 0) is 36.4 Å². The molecule has 1 aliphatic heterocycles. The van der Waals surface area contributed by atoms with Gasteiger partial charge in [0.15, 0.2) is 0 Å². The number of hydrogen-bond donors (Lipinski definition) is 1. The molecule has 1 aliphatic rings. The first-order valence-corrected chi connectivity index (χ1v) is 8.44. The van der Waals surface area contributed by atoms with Gasteiger partial charge in [-0.2, -0.15) is 0 Å². The topological polar surface area (TPSA) is 54.3 Å². The molecule has 134 valence electrons. The summed E-state index contributed by atoms with van der Waals surface area (Å²) in [5.74, 6) is -0.933. The van der Waals surface area contributed by atoms with Crippen LogP contribution in [-0.2, 0) is 11.3 Å². The van der Waals surface area contributed by atoms with E-state index in [0.717, 1.165) is 16.3 Å². The summed E-state index contributed by atoms with van der Waals surface area (Å²) in [6, 6.07) is 18.9. The van der Waals surface area contributed by atoms with Gasteiger partial charge in [-0.3, -0.25) is 9.69 Å². The van der Waals surface area contributed by atoms with Crippen molar-refractivity contribution in [3.63, 3.8) is 0 Å². The van der Waals surface area contributed by atoms with E-state index in [4.69, 9.17) is 0 Å². The number of imide groups is 1. The minimum Gasteiger partial charge on any atom is -0.317 e. The quantitative estimate of drug-likeness (QED) is 0.569. The van der Waals surface area contributed by atoms with Gasteiger partial charge < -0.3 is 9.88 Å². The molecule has 27 heavy (non-hydrogen) atoms. The molecule has 1 saturated heterocycles. The summed E-state index contributed by atoms with van der Waals surface area (Å²) in [6.45, 7) is -0.117. The van der Waals surface area contributed by atoms with Crippen molar-refractivity contribution in [2.45, 2.75) is 6.54 Å². The molecule has 2 aromatic carbocycles. The normalized spacial score (nSPS) is 15.4. The molecule has 2 heterocycles. The monoisotopic (exact) mass is 361 g/mol. The average Bonchev–Trinajstić information content (AvgIpc) is 3.24. The number of amides is 3. The number of halogens is 1. The highest BCUT2D eigenvalue weighted by atomic mass is 19.1. The maximum Gasteiger partial charge on any atom is 0.329 e. The molecule has 6 heteroatoms. The standard InChI is InChI=1S/C21H16FN3O2/c22-18-11-5-4-7-15(18)14-25-20(26)19(23-21(25)27)13-17-10-6-12-24(17)16-8-2-1-3-9-16/h1-13H,14H2,(H,23,27). The molecule has 3 amide bonds. The van der Waals surface area contributed by atoms with E-state index in [0.29, 0.717) is 0 Å². The minimum atomic E-state index is -0.563. The van der Waals surface area contributed by atoms with Gasteiger partial charge in [-0.15, -0.1) is 0 Å². The van der Waals surface area contributed by atoms with Crippen LogP contribution in [0.25, 0.3) is 11.8 Å². The predicted octanol–water partition coefficient (Wildman–Crippen LogP) is 3.71. The Balaban J connectivity index is 1.61. The van der Waals surface area contributed by atoms with Gasteiger partial charge in [-0.1, -0.05) is 36.4 Å². The third-order valence-electron chi connectivity index (χ3n) is 4.36. The second kappa shape index (κ2) is 6.92. The molecule has 0 aliphatic carbocycles. The number of hydrogen-bond acceptors (Lipinski definition) is 2. The summed E-state index contributed by atoms with van der Waals surface area (Å²) in [5, 5.41) is 2.57. The van der Waals surface area contributed by atoms with Crippen LogP contribution in [0.2, 0.25) is 0 Å². The SMILES string of the molecule is O=C1NC(=Cc2cccn2-c2ccccc2)C(=O)N1Cc1ccccc1F. The van der Waals surface area contributed by atoms with E-state index in [9.17, 15) is 14.0 Å². The van der Waals surface area contributed by atoms with Crippen LogP contribution in [0.5, 0.6) is 0 Å². The zero-order valence-electron chi connectivity index (χ0n) is 14.3. The Morgan fingerprint density at radius 3 is 2.44 bits per heavy atom. The largest absolute Gasteiger partial charge is 0.329 e. The van der Waals surface area contributed by atoms with Crippen LogP contribution >= 0.6 is 0 Å². The van der Waals surface area contributed by atoms with Gasteiger partial charge in [-0.25, -0.2) is 9.18 Å². The summed E-state index contributed by atoms with van der Waals surface area (Å²) >= 11 is 0. The molecular weight excluding hydrogens is 345 g/mol. The van der Waals surface area contributed by atoms with E-state index in [1.807, 2.05) is 53.2 Å². The van der Waals surface area contributed by atoms with Crippen LogP contribution in [0.3, 0.4) is 0 Å². The lowest BCUT2D eigenvalue weighted by molar-refractivity contribution is -0.123. The highest BCUT2D eigenvalue weighted by molar-refractivity contribution is 6.13. The van der Waals surface area contributed by atoms with Crippen LogP contribution < -0.4 is 5.32 Å². The van der Waals surface area contributed by atoms with Crippen molar-refractivity contribution in [2.75, 3.05) is 0 Å². The van der Waals surface area contributed by atoms with Gasteiger partial charge >= 0.3 is 6.03 Å². The Morgan fingerprint density at radius 1 is 0.926 bits per heavy atom. The Labute approximate surface area is 155 Å². The number of carbonyl (C=O) groups excluding carboxylic acids is 2. The van der Waals surface area contributed by atoms with Gasteiger partial charge in [0.25, 0.3) is 5.91 Å². The molecule has 0 bridgehead atoms. The highest BCUT2D eigenvalue weighted by Crippen LogP contribution is 2.20. The molecule has 4 rings (SSSR count). The van der Waals surface area contributed by atoms with Crippen LogP contribution in [0.1, 0.15) is 11.3 Å². The third kappa shape index (κ3) is 3.25. The summed E-state index contributed by atoms with van der Waals surface area (Å²) in [6.07, 6.45) is 3.49. The fourth-order valence-corrected chi connectivity index (χ4v) is 3.00. The van der Waals surface area contributed by atoms with Gasteiger partial charge in [0, 0.05) is 23.1 Å². The van der Waals surface area contributed by atoms with Crippen molar-refractivity contribution in [3.05, 3.63) is 95.7 Å². The Morgan fingerprint density at radius 2 is 1.67 bits per heavy atom. The molecule has 0 atom stereocenters. The Kier molecular flexibility index (Phi) is 4.30. The van der Waals surface area contributed by atoms with Crippen molar-refractivity contribution in [1.29, 1.82) is 0 Å². The van der Waals surface area contributed by atoms with Crippen molar-refractivity contribution in [2.24, 2.45) is 0 Å². The molecule has 3 aromatic rings. The van der Waals surface area contributed by atoms with E-state index >= 15 is 0 Å². The maximum atomic E-state index is 13.9. The lowest BCUT2D eigenvalue weighted by Crippen LogP contribution is -2.30. The average molecular weight is 361 g/mol. The first kappa shape index (κ1) is 16.8. The number of aromatic nitrogens is 1. The van der Waals surface area contributed by atoms with E-state index < -0.39 is 17.8 Å². The molecule has 0 radical (unpaired) electrons. The van der Waals surface area contributed by atoms with Crippen LogP contribution in [0.15, 0.2) is 78.6 Å². The van der Waals surface area contributed by atoms with Crippen molar-refractivity contribution >= 4 is 18.0 Å². The molecule has 0 spiro atoms. The number of nitrogens with one attached hydrogen (secondary N) is 1. The molecule has 0 saturated carbocycles. The molecular formula is C21H16FN3O2. The summed E-state index contributed by atoms with van der Waals surface area (Å²) < 4.78 is 15.8. The number of nitrogens with zero attached hydrogens (tertiary/aromatic N) is 2. The zero-order chi connectivity index (χ0) is 18.8. The fourth-order valence-electron chi connectivity index (χ4n) is 3.00. The van der Waals surface area contributed by atoms with Crippen molar-refractivity contribution < 1.29 is 14.0 Å². The third-order valence-corrected chi connectivity index (χ3v) is 4.36. The predicted molar refractivity (Wildman–Crippen MR) is 99.2 cm³/mol. The molecule has 1 aromatic heterocycles. The lowest BCUT2D eigenvalue weighted by Gasteiger charge is -2.12.